The maximum atomic E-state index is 14.2. The first kappa shape index (κ1) is 42.3. The van der Waals surface area contributed by atoms with Gasteiger partial charge in [0.1, 0.15) is 18.7 Å². The molecule has 0 spiro atoms. The molecule has 0 aromatic heterocycles. The number of nitrogens with zero attached hydrogens (tertiary/aromatic N) is 3. The van der Waals surface area contributed by atoms with Crippen molar-refractivity contribution in [2.75, 3.05) is 62.6 Å². The fraction of sp³-hybridized carbons (Fsp3) is 0.522. The van der Waals surface area contributed by atoms with Crippen LogP contribution in [0.2, 0.25) is 0 Å². The second kappa shape index (κ2) is 20.4. The Balaban J connectivity index is 1.02. The van der Waals surface area contributed by atoms with Gasteiger partial charge in [0.15, 0.2) is 0 Å². The van der Waals surface area contributed by atoms with Gasteiger partial charge in [-0.1, -0.05) is 86.7 Å². The molecule has 13 heteroatoms. The highest BCUT2D eigenvalue weighted by molar-refractivity contribution is 6.00. The largest absolute Gasteiger partial charge is 0.449 e. The van der Waals surface area contributed by atoms with E-state index in [1.54, 1.807) is 6.07 Å². The minimum Gasteiger partial charge on any atom is -0.449 e. The minimum atomic E-state index is -0.885. The molecule has 1 saturated heterocycles. The highest BCUT2D eigenvalue weighted by Crippen LogP contribution is 2.44. The van der Waals surface area contributed by atoms with Crippen molar-refractivity contribution in [1.29, 1.82) is 0 Å². The van der Waals surface area contributed by atoms with Crippen molar-refractivity contribution in [2.45, 2.75) is 88.6 Å². The number of hydroxylamine groups is 2. The quantitative estimate of drug-likeness (QED) is 0.0988. The van der Waals surface area contributed by atoms with Gasteiger partial charge < -0.3 is 36.5 Å². The highest BCUT2D eigenvalue weighted by atomic mass is 16.5. The monoisotopic (exact) mass is 807 g/mol. The number of alkyl carbamates (subject to hydrolysis) is 1. The number of hydrogen-bond acceptors (Lipinski definition) is 9. The van der Waals surface area contributed by atoms with Gasteiger partial charge in [0, 0.05) is 50.0 Å². The van der Waals surface area contributed by atoms with Gasteiger partial charge in [-0.15, -0.1) is 0 Å². The van der Waals surface area contributed by atoms with Crippen molar-refractivity contribution in [3.05, 3.63) is 83.9 Å². The third-order valence-electron chi connectivity index (χ3n) is 12.4. The number of carbonyl (C=O) groups is 4. The molecule has 3 aliphatic carbocycles. The van der Waals surface area contributed by atoms with Gasteiger partial charge in [0.05, 0.1) is 6.54 Å². The van der Waals surface area contributed by atoms with E-state index in [2.05, 4.69) is 45.1 Å². The van der Waals surface area contributed by atoms with Crippen LogP contribution < -0.4 is 26.6 Å². The van der Waals surface area contributed by atoms with Crippen LogP contribution in [-0.2, 0) is 19.1 Å². The summed E-state index contributed by atoms with van der Waals surface area (Å²) in [5.74, 6) is -0.235. The van der Waals surface area contributed by atoms with Gasteiger partial charge >= 0.3 is 6.09 Å². The molecule has 1 aliphatic heterocycles. The second-order valence-electron chi connectivity index (χ2n) is 16.8. The lowest BCUT2D eigenvalue weighted by Crippen LogP contribution is -2.53. The van der Waals surface area contributed by atoms with E-state index in [0.717, 1.165) is 67.2 Å². The Hall–Kier alpha value is -4.82. The van der Waals surface area contributed by atoms with Gasteiger partial charge in [0.25, 0.3) is 0 Å². The highest BCUT2D eigenvalue weighted by Gasteiger charge is 2.33. The molecule has 4 aliphatic rings. The van der Waals surface area contributed by atoms with Gasteiger partial charge in [-0.2, -0.15) is 5.06 Å². The predicted octanol–water partition coefficient (Wildman–Crippen LogP) is 5.87. The SMILES string of the molecule is NCCCC[C@H](NC(=O)[C@H](CC1CCCCC1)NC(=O)OCC1c2ccccc2-c2ccccc21)C(=O)Nc1cccc(N(CC2CC2)C(=O)CN2CCN(O)CC2)c1. The number of rotatable bonds is 18. The Kier molecular flexibility index (Phi) is 14.7. The summed E-state index contributed by atoms with van der Waals surface area (Å²) in [6.45, 7) is 3.64. The van der Waals surface area contributed by atoms with E-state index < -0.39 is 24.1 Å². The molecule has 0 unspecified atom stereocenters. The van der Waals surface area contributed by atoms with Gasteiger partial charge in [-0.25, -0.2) is 4.79 Å². The van der Waals surface area contributed by atoms with E-state index in [1.165, 1.54) is 5.06 Å². The van der Waals surface area contributed by atoms with E-state index in [-0.39, 0.29) is 36.8 Å². The average molecular weight is 808 g/mol. The molecule has 59 heavy (non-hydrogen) atoms. The summed E-state index contributed by atoms with van der Waals surface area (Å²) < 4.78 is 5.88. The van der Waals surface area contributed by atoms with Crippen LogP contribution >= 0.6 is 0 Å². The number of hydrogen-bond donors (Lipinski definition) is 5. The average Bonchev–Trinajstić information content (AvgIpc) is 4.02. The zero-order chi connectivity index (χ0) is 41.1. The van der Waals surface area contributed by atoms with Crippen LogP contribution in [0.25, 0.3) is 11.1 Å². The molecule has 2 saturated carbocycles. The topological polar surface area (TPSA) is 170 Å². The first-order valence-corrected chi connectivity index (χ1v) is 21.7. The lowest BCUT2D eigenvalue weighted by Gasteiger charge is -2.32. The van der Waals surface area contributed by atoms with Gasteiger partial charge in [0.2, 0.25) is 17.7 Å². The lowest BCUT2D eigenvalue weighted by molar-refractivity contribution is -0.129. The summed E-state index contributed by atoms with van der Waals surface area (Å²) in [5, 5.41) is 20.0. The molecular formula is C46H61N7O6. The summed E-state index contributed by atoms with van der Waals surface area (Å²) in [7, 11) is 0. The molecule has 4 amide bonds. The molecule has 0 radical (unpaired) electrons. The smallest absolute Gasteiger partial charge is 0.407 e. The van der Waals surface area contributed by atoms with Crippen LogP contribution in [0, 0.1) is 11.8 Å². The maximum Gasteiger partial charge on any atom is 0.407 e. The standard InChI is InChI=1S/C46H61N7O6/c47-22-9-8-19-41(44(55)48-34-13-10-14-35(28-34)53(29-33-20-21-33)43(54)30-51-23-25-52(58)26-24-51)49-45(56)42(27-32-11-2-1-3-12-32)50-46(57)59-31-40-38-17-6-4-15-36(38)37-16-5-7-18-39(37)40/h4-7,10,13-18,28,32-33,40-42,58H,1-3,8-9,11-12,19-27,29-31,47H2,(H,48,55)(H,49,56)(H,50,57)/t41-,42-/m0/s1. The molecule has 7 rings (SSSR count). The van der Waals surface area contributed by atoms with Crippen LogP contribution in [0.15, 0.2) is 72.8 Å². The number of anilines is 2. The number of nitrogens with one attached hydrogen (secondary N) is 3. The fourth-order valence-electron chi connectivity index (χ4n) is 8.87. The fourth-order valence-corrected chi connectivity index (χ4v) is 8.87. The molecular weight excluding hydrogens is 747 g/mol. The number of amides is 4. The molecule has 3 aromatic carbocycles. The number of unbranched alkanes of at least 4 members (excludes halogenated alkanes) is 1. The zero-order valence-electron chi connectivity index (χ0n) is 34.2. The van der Waals surface area contributed by atoms with Crippen molar-refractivity contribution >= 4 is 35.2 Å². The Morgan fingerprint density at radius 1 is 0.780 bits per heavy atom. The number of ether oxygens (including phenoxy) is 1. The summed E-state index contributed by atoms with van der Waals surface area (Å²) in [4.78, 5) is 59.3. The predicted molar refractivity (Wildman–Crippen MR) is 228 cm³/mol. The summed E-state index contributed by atoms with van der Waals surface area (Å²) in [6.07, 6.45) is 8.89. The summed E-state index contributed by atoms with van der Waals surface area (Å²) >= 11 is 0. The Bertz CT molecular complexity index is 1860. The van der Waals surface area contributed by atoms with Crippen LogP contribution in [-0.4, -0.2) is 103 Å². The second-order valence-corrected chi connectivity index (χ2v) is 16.8. The van der Waals surface area contributed by atoms with E-state index in [9.17, 15) is 24.4 Å². The first-order chi connectivity index (χ1) is 28.7. The van der Waals surface area contributed by atoms with Crippen LogP contribution in [0.1, 0.15) is 87.7 Å². The first-order valence-electron chi connectivity index (χ1n) is 21.7. The Morgan fingerprint density at radius 3 is 2.15 bits per heavy atom. The number of carbonyl (C=O) groups excluding carboxylic acids is 4. The Morgan fingerprint density at radius 2 is 1.47 bits per heavy atom. The van der Waals surface area contributed by atoms with E-state index in [4.69, 9.17) is 10.5 Å². The third-order valence-corrected chi connectivity index (χ3v) is 12.4. The molecule has 6 N–H and O–H groups in total. The van der Waals surface area contributed by atoms with Crippen LogP contribution in [0.3, 0.4) is 0 Å². The third kappa shape index (κ3) is 11.5. The number of nitrogens with two attached hydrogens (primary N) is 1. The normalized spacial score (nSPS) is 18.3. The van der Waals surface area contributed by atoms with Crippen LogP contribution in [0.4, 0.5) is 16.2 Å². The number of piperazine rings is 1. The van der Waals surface area contributed by atoms with Gasteiger partial charge in [-0.3, -0.25) is 19.3 Å². The van der Waals surface area contributed by atoms with Crippen LogP contribution in [0.5, 0.6) is 0 Å². The van der Waals surface area contributed by atoms with E-state index in [1.807, 2.05) is 47.4 Å². The maximum absolute atomic E-state index is 14.2. The number of benzene rings is 3. The van der Waals surface area contributed by atoms with E-state index in [0.29, 0.717) is 82.2 Å². The molecule has 2 atom stereocenters. The summed E-state index contributed by atoms with van der Waals surface area (Å²) in [6, 6.07) is 21.9. The Labute approximate surface area is 348 Å². The molecule has 1 heterocycles. The van der Waals surface area contributed by atoms with Crippen molar-refractivity contribution < 1.29 is 29.1 Å². The lowest BCUT2D eigenvalue weighted by atomic mass is 9.84. The molecule has 0 bridgehead atoms. The van der Waals surface area contributed by atoms with Crippen molar-refractivity contribution in [2.24, 2.45) is 17.6 Å². The van der Waals surface area contributed by atoms with Crippen molar-refractivity contribution in [3.63, 3.8) is 0 Å². The molecule has 13 nitrogen and oxygen atoms in total. The zero-order valence-corrected chi connectivity index (χ0v) is 34.2. The number of fused-ring (bicyclic) bond motifs is 3. The summed E-state index contributed by atoms with van der Waals surface area (Å²) in [5.41, 5.74) is 11.5. The van der Waals surface area contributed by atoms with Crippen molar-refractivity contribution in [3.8, 4) is 11.1 Å². The van der Waals surface area contributed by atoms with Crippen molar-refractivity contribution in [1.82, 2.24) is 20.6 Å². The molecule has 3 aromatic rings. The molecule has 316 valence electrons. The van der Waals surface area contributed by atoms with E-state index >= 15 is 0 Å². The van der Waals surface area contributed by atoms with Gasteiger partial charge in [-0.05, 0) is 97.4 Å². The molecule has 3 fully saturated rings. The minimum absolute atomic E-state index is 0.0217.